The number of hydrogen-bond donors (Lipinski definition) is 2. The Hall–Kier alpha value is -0.0400. The van der Waals surface area contributed by atoms with Gasteiger partial charge in [-0.1, -0.05) is 20.8 Å². The van der Waals surface area contributed by atoms with Gasteiger partial charge in [-0.15, -0.1) is 24.0 Å². The number of nitrogens with zero attached hydrogens (tertiary/aromatic N) is 2. The van der Waals surface area contributed by atoms with Crippen molar-refractivity contribution < 1.29 is 0 Å². The third-order valence-electron chi connectivity index (χ3n) is 3.74. The van der Waals surface area contributed by atoms with E-state index in [2.05, 4.69) is 41.3 Å². The van der Waals surface area contributed by atoms with Crippen LogP contribution in [0, 0.1) is 5.92 Å². The standard InChI is InChI=1S/C14H30N4.HI/c1-5-18(6-2)10-8-7-9-16-14(15-4)17-13-11-12(13)3;/h12-13H,5-11H2,1-4H3,(H2,15,16,17);1H. The zero-order chi connectivity index (χ0) is 13.4. The molecule has 0 saturated heterocycles. The summed E-state index contributed by atoms with van der Waals surface area (Å²) in [4.78, 5) is 6.72. The van der Waals surface area contributed by atoms with Crippen molar-refractivity contribution in [1.82, 2.24) is 15.5 Å². The summed E-state index contributed by atoms with van der Waals surface area (Å²) in [5, 5.41) is 6.83. The fourth-order valence-corrected chi connectivity index (χ4v) is 2.10. The lowest BCUT2D eigenvalue weighted by Crippen LogP contribution is -2.39. The van der Waals surface area contributed by atoms with Gasteiger partial charge in [0.1, 0.15) is 0 Å². The van der Waals surface area contributed by atoms with Crippen molar-refractivity contribution in [2.75, 3.05) is 33.2 Å². The molecule has 114 valence electrons. The van der Waals surface area contributed by atoms with Crippen molar-refractivity contribution >= 4 is 29.9 Å². The van der Waals surface area contributed by atoms with Gasteiger partial charge in [0.05, 0.1) is 0 Å². The fourth-order valence-electron chi connectivity index (χ4n) is 2.10. The second kappa shape index (κ2) is 10.7. The quantitative estimate of drug-likeness (QED) is 0.293. The molecule has 1 aliphatic rings. The summed E-state index contributed by atoms with van der Waals surface area (Å²) in [6.45, 7) is 11.3. The maximum Gasteiger partial charge on any atom is 0.191 e. The highest BCUT2D eigenvalue weighted by Crippen LogP contribution is 2.28. The van der Waals surface area contributed by atoms with E-state index in [9.17, 15) is 0 Å². The molecule has 2 atom stereocenters. The number of unbranched alkanes of at least 4 members (excludes halogenated alkanes) is 1. The number of rotatable bonds is 8. The first-order valence-electron chi connectivity index (χ1n) is 7.40. The van der Waals surface area contributed by atoms with Crippen molar-refractivity contribution in [2.24, 2.45) is 10.9 Å². The maximum atomic E-state index is 4.25. The molecule has 0 bridgehead atoms. The van der Waals surface area contributed by atoms with Crippen molar-refractivity contribution in [2.45, 2.75) is 46.1 Å². The average molecular weight is 382 g/mol. The number of hydrogen-bond acceptors (Lipinski definition) is 2. The minimum Gasteiger partial charge on any atom is -0.356 e. The molecule has 0 aromatic heterocycles. The molecule has 2 N–H and O–H groups in total. The summed E-state index contributed by atoms with van der Waals surface area (Å²) in [7, 11) is 1.85. The van der Waals surface area contributed by atoms with E-state index in [0.717, 1.165) is 31.5 Å². The molecule has 0 amide bonds. The first-order chi connectivity index (χ1) is 8.71. The zero-order valence-corrected chi connectivity index (χ0v) is 15.2. The van der Waals surface area contributed by atoms with Crippen LogP contribution in [0.2, 0.25) is 0 Å². The molecule has 0 aliphatic heterocycles. The summed E-state index contributed by atoms with van der Waals surface area (Å²) in [6.07, 6.45) is 3.74. The molecule has 1 aliphatic carbocycles. The molecule has 4 nitrogen and oxygen atoms in total. The van der Waals surface area contributed by atoms with Gasteiger partial charge in [-0.25, -0.2) is 0 Å². The highest BCUT2D eigenvalue weighted by atomic mass is 127. The molecule has 1 rings (SSSR count). The van der Waals surface area contributed by atoms with Crippen LogP contribution in [0.4, 0.5) is 0 Å². The molecule has 0 heterocycles. The Morgan fingerprint density at radius 3 is 2.37 bits per heavy atom. The normalized spacial score (nSPS) is 22.1. The molecule has 0 spiro atoms. The smallest absolute Gasteiger partial charge is 0.191 e. The van der Waals surface area contributed by atoms with Crippen molar-refractivity contribution in [1.29, 1.82) is 0 Å². The molecular weight excluding hydrogens is 351 g/mol. The van der Waals surface area contributed by atoms with Crippen molar-refractivity contribution in [3.05, 3.63) is 0 Å². The zero-order valence-electron chi connectivity index (χ0n) is 12.9. The third kappa shape index (κ3) is 7.97. The highest BCUT2D eigenvalue weighted by Gasteiger charge is 2.32. The van der Waals surface area contributed by atoms with E-state index < -0.39 is 0 Å². The lowest BCUT2D eigenvalue weighted by atomic mass is 10.3. The van der Waals surface area contributed by atoms with Gasteiger partial charge < -0.3 is 15.5 Å². The summed E-state index contributed by atoms with van der Waals surface area (Å²) < 4.78 is 0. The van der Waals surface area contributed by atoms with Crippen molar-refractivity contribution in [3.63, 3.8) is 0 Å². The Labute approximate surface area is 135 Å². The number of halogens is 1. The van der Waals surface area contributed by atoms with Crippen LogP contribution in [0.25, 0.3) is 0 Å². The lowest BCUT2D eigenvalue weighted by molar-refractivity contribution is 0.297. The van der Waals surface area contributed by atoms with E-state index in [1.165, 1.54) is 25.8 Å². The Kier molecular flexibility index (Phi) is 10.7. The van der Waals surface area contributed by atoms with Gasteiger partial charge in [0.15, 0.2) is 5.96 Å². The van der Waals surface area contributed by atoms with Crippen LogP contribution >= 0.6 is 24.0 Å². The Morgan fingerprint density at radius 2 is 1.89 bits per heavy atom. The molecule has 1 fully saturated rings. The third-order valence-corrected chi connectivity index (χ3v) is 3.74. The van der Waals surface area contributed by atoms with Gasteiger partial charge in [-0.3, -0.25) is 4.99 Å². The molecule has 19 heavy (non-hydrogen) atoms. The van der Waals surface area contributed by atoms with Crippen LogP contribution < -0.4 is 10.6 Å². The van der Waals surface area contributed by atoms with Gasteiger partial charge >= 0.3 is 0 Å². The molecular formula is C14H31IN4. The summed E-state index contributed by atoms with van der Waals surface area (Å²) in [6, 6.07) is 0.645. The van der Waals surface area contributed by atoms with E-state index in [4.69, 9.17) is 0 Å². The number of guanidine groups is 1. The maximum absolute atomic E-state index is 4.25. The highest BCUT2D eigenvalue weighted by molar-refractivity contribution is 14.0. The van der Waals surface area contributed by atoms with Crippen LogP contribution in [0.15, 0.2) is 4.99 Å². The second-order valence-corrected chi connectivity index (χ2v) is 5.20. The monoisotopic (exact) mass is 382 g/mol. The lowest BCUT2D eigenvalue weighted by Gasteiger charge is -2.18. The van der Waals surface area contributed by atoms with Crippen LogP contribution in [-0.2, 0) is 0 Å². The van der Waals surface area contributed by atoms with E-state index >= 15 is 0 Å². The van der Waals surface area contributed by atoms with Gasteiger partial charge in [-0.05, 0) is 44.8 Å². The van der Waals surface area contributed by atoms with E-state index in [1.807, 2.05) is 7.05 Å². The van der Waals surface area contributed by atoms with Crippen molar-refractivity contribution in [3.8, 4) is 0 Å². The minimum absolute atomic E-state index is 0. The fraction of sp³-hybridized carbons (Fsp3) is 0.929. The van der Waals surface area contributed by atoms with Crippen LogP contribution in [0.5, 0.6) is 0 Å². The van der Waals surface area contributed by atoms with Crippen LogP contribution in [0.3, 0.4) is 0 Å². The van der Waals surface area contributed by atoms with E-state index in [0.29, 0.717) is 6.04 Å². The van der Waals surface area contributed by atoms with E-state index in [-0.39, 0.29) is 24.0 Å². The Bertz CT molecular complexity index is 254. The minimum atomic E-state index is 0. The molecule has 2 unspecified atom stereocenters. The first-order valence-corrected chi connectivity index (χ1v) is 7.40. The van der Waals surface area contributed by atoms with E-state index in [1.54, 1.807) is 0 Å². The van der Waals surface area contributed by atoms with Gasteiger partial charge in [0.25, 0.3) is 0 Å². The predicted octanol–water partition coefficient (Wildman–Crippen LogP) is 2.30. The average Bonchev–Trinajstić information content (AvgIpc) is 3.08. The second-order valence-electron chi connectivity index (χ2n) is 5.20. The molecule has 1 saturated carbocycles. The SMILES string of the molecule is CCN(CC)CCCCNC(=NC)NC1CC1C.I. The molecule has 0 radical (unpaired) electrons. The molecule has 5 heteroatoms. The Morgan fingerprint density at radius 1 is 1.26 bits per heavy atom. The Balaban J connectivity index is 0.00000324. The largest absolute Gasteiger partial charge is 0.356 e. The predicted molar refractivity (Wildman–Crippen MR) is 94.5 cm³/mol. The number of aliphatic imine (C=N–C) groups is 1. The number of nitrogens with one attached hydrogen (secondary N) is 2. The topological polar surface area (TPSA) is 39.7 Å². The summed E-state index contributed by atoms with van der Waals surface area (Å²) in [5.74, 6) is 1.78. The van der Waals surface area contributed by atoms with Crippen LogP contribution in [0.1, 0.15) is 40.0 Å². The molecule has 0 aromatic carbocycles. The summed E-state index contributed by atoms with van der Waals surface area (Å²) in [5.41, 5.74) is 0. The van der Waals surface area contributed by atoms with Gasteiger partial charge in [0.2, 0.25) is 0 Å². The first kappa shape index (κ1) is 19.0. The van der Waals surface area contributed by atoms with Gasteiger partial charge in [-0.2, -0.15) is 0 Å². The van der Waals surface area contributed by atoms with Crippen LogP contribution in [-0.4, -0.2) is 50.1 Å². The molecule has 0 aromatic rings. The summed E-state index contributed by atoms with van der Waals surface area (Å²) >= 11 is 0. The van der Waals surface area contributed by atoms with Gasteiger partial charge in [0, 0.05) is 19.6 Å².